The lowest BCUT2D eigenvalue weighted by Gasteiger charge is -2.15. The molecular formula is C10H16O3. The van der Waals surface area contributed by atoms with Crippen molar-refractivity contribution in [2.75, 3.05) is 0 Å². The fourth-order valence-electron chi connectivity index (χ4n) is 1.02. The van der Waals surface area contributed by atoms with E-state index in [1.165, 1.54) is 0 Å². The SMILES string of the molecule is CC(C)OC(C)OCc1ccco1. The molecule has 0 bridgehead atoms. The second-order valence-electron chi connectivity index (χ2n) is 3.14. The summed E-state index contributed by atoms with van der Waals surface area (Å²) in [6.07, 6.45) is 1.63. The molecular weight excluding hydrogens is 168 g/mol. The second-order valence-corrected chi connectivity index (χ2v) is 3.14. The van der Waals surface area contributed by atoms with Gasteiger partial charge >= 0.3 is 0 Å². The molecule has 1 aromatic rings. The maximum Gasteiger partial charge on any atom is 0.155 e. The molecule has 0 aromatic carbocycles. The van der Waals surface area contributed by atoms with Crippen LogP contribution >= 0.6 is 0 Å². The highest BCUT2D eigenvalue weighted by Gasteiger charge is 2.05. The van der Waals surface area contributed by atoms with Crippen molar-refractivity contribution in [1.82, 2.24) is 0 Å². The van der Waals surface area contributed by atoms with Crippen LogP contribution in [0.1, 0.15) is 26.5 Å². The highest BCUT2D eigenvalue weighted by molar-refractivity contribution is 4.95. The van der Waals surface area contributed by atoms with E-state index in [4.69, 9.17) is 13.9 Å². The molecule has 74 valence electrons. The molecule has 3 nitrogen and oxygen atoms in total. The molecule has 1 unspecified atom stereocenters. The maximum absolute atomic E-state index is 5.38. The number of ether oxygens (including phenoxy) is 2. The van der Waals surface area contributed by atoms with E-state index in [9.17, 15) is 0 Å². The Morgan fingerprint density at radius 3 is 2.69 bits per heavy atom. The second kappa shape index (κ2) is 5.04. The van der Waals surface area contributed by atoms with Crippen LogP contribution in [0.3, 0.4) is 0 Å². The first-order valence-electron chi connectivity index (χ1n) is 4.48. The molecule has 1 atom stereocenters. The highest BCUT2D eigenvalue weighted by atomic mass is 16.7. The molecule has 0 N–H and O–H groups in total. The first-order valence-corrected chi connectivity index (χ1v) is 4.48. The van der Waals surface area contributed by atoms with Gasteiger partial charge in [-0.05, 0) is 32.9 Å². The Hall–Kier alpha value is -0.800. The first-order chi connectivity index (χ1) is 6.18. The van der Waals surface area contributed by atoms with Crippen molar-refractivity contribution in [3.05, 3.63) is 24.2 Å². The van der Waals surface area contributed by atoms with Crippen molar-refractivity contribution in [3.63, 3.8) is 0 Å². The minimum absolute atomic E-state index is 0.187. The topological polar surface area (TPSA) is 31.6 Å². The van der Waals surface area contributed by atoms with Crippen LogP contribution in [-0.4, -0.2) is 12.4 Å². The van der Waals surface area contributed by atoms with E-state index in [1.807, 2.05) is 32.9 Å². The van der Waals surface area contributed by atoms with E-state index < -0.39 is 0 Å². The van der Waals surface area contributed by atoms with Crippen molar-refractivity contribution in [2.24, 2.45) is 0 Å². The Labute approximate surface area is 78.6 Å². The van der Waals surface area contributed by atoms with Crippen LogP contribution in [0.25, 0.3) is 0 Å². The molecule has 3 heteroatoms. The van der Waals surface area contributed by atoms with Crippen LogP contribution < -0.4 is 0 Å². The van der Waals surface area contributed by atoms with Gasteiger partial charge < -0.3 is 13.9 Å². The van der Waals surface area contributed by atoms with E-state index in [2.05, 4.69) is 0 Å². The highest BCUT2D eigenvalue weighted by Crippen LogP contribution is 2.06. The third-order valence-corrected chi connectivity index (χ3v) is 1.50. The van der Waals surface area contributed by atoms with E-state index >= 15 is 0 Å². The van der Waals surface area contributed by atoms with Crippen LogP contribution in [0.5, 0.6) is 0 Å². The predicted octanol–water partition coefficient (Wildman–Crippen LogP) is 2.57. The van der Waals surface area contributed by atoms with E-state index in [-0.39, 0.29) is 12.4 Å². The Morgan fingerprint density at radius 2 is 2.15 bits per heavy atom. The molecule has 0 saturated carbocycles. The Kier molecular flexibility index (Phi) is 3.99. The van der Waals surface area contributed by atoms with Gasteiger partial charge in [0.05, 0.1) is 12.4 Å². The number of hydrogen-bond acceptors (Lipinski definition) is 3. The summed E-state index contributed by atoms with van der Waals surface area (Å²) in [6.45, 7) is 6.29. The van der Waals surface area contributed by atoms with Crippen LogP contribution in [0.2, 0.25) is 0 Å². The standard InChI is InChI=1S/C10H16O3/c1-8(2)13-9(3)12-7-10-5-4-6-11-10/h4-6,8-9H,7H2,1-3H3. The Morgan fingerprint density at radius 1 is 1.38 bits per heavy atom. The zero-order chi connectivity index (χ0) is 9.68. The molecule has 0 aliphatic rings. The molecule has 0 radical (unpaired) electrons. The van der Waals surface area contributed by atoms with Gasteiger partial charge in [-0.25, -0.2) is 0 Å². The van der Waals surface area contributed by atoms with E-state index in [0.717, 1.165) is 5.76 Å². The Bertz CT molecular complexity index is 216. The zero-order valence-corrected chi connectivity index (χ0v) is 8.32. The van der Waals surface area contributed by atoms with E-state index in [0.29, 0.717) is 6.61 Å². The summed E-state index contributed by atoms with van der Waals surface area (Å²) < 4.78 is 15.9. The molecule has 0 spiro atoms. The molecule has 1 rings (SSSR count). The summed E-state index contributed by atoms with van der Waals surface area (Å²) >= 11 is 0. The minimum atomic E-state index is -0.190. The third-order valence-electron chi connectivity index (χ3n) is 1.50. The first kappa shape index (κ1) is 10.3. The van der Waals surface area contributed by atoms with E-state index in [1.54, 1.807) is 6.26 Å². The molecule has 1 heterocycles. The lowest BCUT2D eigenvalue weighted by molar-refractivity contribution is -0.160. The summed E-state index contributed by atoms with van der Waals surface area (Å²) in [5.74, 6) is 0.819. The van der Waals surface area contributed by atoms with Gasteiger partial charge in [0.25, 0.3) is 0 Å². The van der Waals surface area contributed by atoms with Crippen molar-refractivity contribution in [1.29, 1.82) is 0 Å². The van der Waals surface area contributed by atoms with Gasteiger partial charge in [-0.1, -0.05) is 0 Å². The maximum atomic E-state index is 5.38. The summed E-state index contributed by atoms with van der Waals surface area (Å²) in [7, 11) is 0. The van der Waals surface area contributed by atoms with Crippen molar-refractivity contribution >= 4 is 0 Å². The lowest BCUT2D eigenvalue weighted by atomic mass is 10.5. The smallest absolute Gasteiger partial charge is 0.155 e. The average molecular weight is 184 g/mol. The Balaban J connectivity index is 2.19. The number of hydrogen-bond donors (Lipinski definition) is 0. The summed E-state index contributed by atoms with van der Waals surface area (Å²) in [5.41, 5.74) is 0. The minimum Gasteiger partial charge on any atom is -0.467 e. The van der Waals surface area contributed by atoms with Crippen LogP contribution in [0.4, 0.5) is 0 Å². The fourth-order valence-corrected chi connectivity index (χ4v) is 1.02. The number of rotatable bonds is 5. The largest absolute Gasteiger partial charge is 0.467 e. The monoisotopic (exact) mass is 184 g/mol. The zero-order valence-electron chi connectivity index (χ0n) is 8.32. The van der Waals surface area contributed by atoms with Crippen molar-refractivity contribution in [2.45, 2.75) is 39.8 Å². The third kappa shape index (κ3) is 4.10. The van der Waals surface area contributed by atoms with Gasteiger partial charge in [-0.2, -0.15) is 0 Å². The molecule has 0 fully saturated rings. The lowest BCUT2D eigenvalue weighted by Crippen LogP contribution is -2.17. The fraction of sp³-hybridized carbons (Fsp3) is 0.600. The molecule has 0 saturated heterocycles. The predicted molar refractivity (Wildman–Crippen MR) is 49.2 cm³/mol. The summed E-state index contributed by atoms with van der Waals surface area (Å²) in [4.78, 5) is 0. The van der Waals surface area contributed by atoms with Gasteiger partial charge in [0.2, 0.25) is 0 Å². The van der Waals surface area contributed by atoms with Crippen LogP contribution in [0, 0.1) is 0 Å². The normalized spacial score (nSPS) is 13.5. The molecule has 0 aliphatic heterocycles. The summed E-state index contributed by atoms with van der Waals surface area (Å²) in [5, 5.41) is 0. The summed E-state index contributed by atoms with van der Waals surface area (Å²) in [6, 6.07) is 3.72. The van der Waals surface area contributed by atoms with Gasteiger partial charge in [0.1, 0.15) is 12.4 Å². The van der Waals surface area contributed by atoms with Gasteiger partial charge in [0, 0.05) is 0 Å². The van der Waals surface area contributed by atoms with Crippen molar-refractivity contribution in [3.8, 4) is 0 Å². The molecule has 0 aliphatic carbocycles. The van der Waals surface area contributed by atoms with Gasteiger partial charge in [-0.3, -0.25) is 0 Å². The van der Waals surface area contributed by atoms with Crippen molar-refractivity contribution < 1.29 is 13.9 Å². The molecule has 13 heavy (non-hydrogen) atoms. The molecule has 0 amide bonds. The van der Waals surface area contributed by atoms with Gasteiger partial charge in [-0.15, -0.1) is 0 Å². The number of furan rings is 1. The van der Waals surface area contributed by atoms with Crippen LogP contribution in [-0.2, 0) is 16.1 Å². The van der Waals surface area contributed by atoms with Gasteiger partial charge in [0.15, 0.2) is 6.29 Å². The average Bonchev–Trinajstić information content (AvgIpc) is 2.51. The quantitative estimate of drug-likeness (QED) is 0.659. The molecule has 1 aromatic heterocycles. The van der Waals surface area contributed by atoms with Crippen LogP contribution in [0.15, 0.2) is 22.8 Å².